The summed E-state index contributed by atoms with van der Waals surface area (Å²) >= 11 is 3.47. The van der Waals surface area contributed by atoms with E-state index in [2.05, 4.69) is 15.9 Å². The molecule has 2 N–H and O–H groups in total. The van der Waals surface area contributed by atoms with Gasteiger partial charge in [0.15, 0.2) is 0 Å². The van der Waals surface area contributed by atoms with Crippen LogP contribution in [-0.4, -0.2) is 11.1 Å². The highest BCUT2D eigenvalue weighted by Gasteiger charge is 2.14. The summed E-state index contributed by atoms with van der Waals surface area (Å²) in [6.07, 6.45) is 0.751. The van der Waals surface area contributed by atoms with Crippen molar-refractivity contribution >= 4 is 26.8 Å². The largest absolute Gasteiger partial charge is 0.336 e. The summed E-state index contributed by atoms with van der Waals surface area (Å²) in [7, 11) is 1.84. The zero-order chi connectivity index (χ0) is 11.0. The molecule has 0 saturated heterocycles. The van der Waals surface area contributed by atoms with Crippen LogP contribution in [0.3, 0.4) is 0 Å². The average molecular weight is 271 g/mol. The highest BCUT2D eigenvalue weighted by atomic mass is 79.9. The van der Waals surface area contributed by atoms with E-state index in [0.717, 1.165) is 22.0 Å². The van der Waals surface area contributed by atoms with Crippen LogP contribution in [0.4, 0.5) is 4.39 Å². The van der Waals surface area contributed by atoms with Gasteiger partial charge in [0.05, 0.1) is 10.1 Å². The predicted octanol–water partition coefficient (Wildman–Crippen LogP) is 2.58. The number of nitrogens with zero attached hydrogens (tertiary/aromatic N) is 1. The van der Waals surface area contributed by atoms with Gasteiger partial charge in [-0.05, 0) is 40.5 Å². The first-order valence-corrected chi connectivity index (χ1v) is 5.57. The lowest BCUT2D eigenvalue weighted by Crippen LogP contribution is -2.02. The van der Waals surface area contributed by atoms with Gasteiger partial charge >= 0.3 is 0 Å². The summed E-state index contributed by atoms with van der Waals surface area (Å²) in [6.45, 7) is 0.564. The summed E-state index contributed by atoms with van der Waals surface area (Å²) in [5.74, 6) is -0.195. The first-order chi connectivity index (χ1) is 7.16. The van der Waals surface area contributed by atoms with Crippen molar-refractivity contribution < 1.29 is 4.39 Å². The highest BCUT2D eigenvalue weighted by Crippen LogP contribution is 2.30. The minimum Gasteiger partial charge on any atom is -0.336 e. The van der Waals surface area contributed by atoms with Crippen molar-refractivity contribution in [3.63, 3.8) is 0 Å². The van der Waals surface area contributed by atoms with Crippen LogP contribution >= 0.6 is 15.9 Å². The van der Waals surface area contributed by atoms with Crippen molar-refractivity contribution in [1.29, 1.82) is 0 Å². The number of aryl methyl sites for hydroxylation is 1. The third-order valence-corrected chi connectivity index (χ3v) is 3.60. The Balaban J connectivity index is 2.81. The lowest BCUT2D eigenvalue weighted by atomic mass is 10.1. The first-order valence-electron chi connectivity index (χ1n) is 4.78. The molecule has 1 aromatic heterocycles. The van der Waals surface area contributed by atoms with Crippen molar-refractivity contribution in [2.24, 2.45) is 12.8 Å². The molecule has 0 atom stereocenters. The van der Waals surface area contributed by atoms with Gasteiger partial charge in [-0.2, -0.15) is 0 Å². The van der Waals surface area contributed by atoms with Crippen LogP contribution in [0.15, 0.2) is 22.8 Å². The smallest absolute Gasteiger partial charge is 0.147 e. The molecule has 4 heteroatoms. The van der Waals surface area contributed by atoms with Crippen molar-refractivity contribution in [1.82, 2.24) is 4.57 Å². The quantitative estimate of drug-likeness (QED) is 0.894. The Morgan fingerprint density at radius 1 is 1.47 bits per heavy atom. The maximum Gasteiger partial charge on any atom is 0.147 e. The first kappa shape index (κ1) is 10.6. The second-order valence-corrected chi connectivity index (χ2v) is 4.25. The van der Waals surface area contributed by atoms with Gasteiger partial charge in [-0.25, -0.2) is 4.39 Å². The van der Waals surface area contributed by atoms with Crippen LogP contribution in [0.25, 0.3) is 10.9 Å². The molecule has 1 heterocycles. The van der Waals surface area contributed by atoms with E-state index in [0.29, 0.717) is 12.1 Å². The van der Waals surface area contributed by atoms with Crippen molar-refractivity contribution in [3.8, 4) is 0 Å². The number of fused-ring (bicyclic) bond motifs is 1. The third-order valence-electron chi connectivity index (χ3n) is 2.59. The minimum atomic E-state index is -0.195. The van der Waals surface area contributed by atoms with Gasteiger partial charge in [-0.3, -0.25) is 0 Å². The van der Waals surface area contributed by atoms with E-state index >= 15 is 0 Å². The van der Waals surface area contributed by atoms with E-state index in [1.54, 1.807) is 6.07 Å². The van der Waals surface area contributed by atoms with Gasteiger partial charge in [0.25, 0.3) is 0 Å². The van der Waals surface area contributed by atoms with E-state index in [-0.39, 0.29) is 5.82 Å². The van der Waals surface area contributed by atoms with Gasteiger partial charge < -0.3 is 10.3 Å². The molecule has 0 saturated carbocycles. The molecule has 0 aliphatic carbocycles. The molecular weight excluding hydrogens is 259 g/mol. The number of para-hydroxylation sites is 1. The van der Waals surface area contributed by atoms with Crippen molar-refractivity contribution in [3.05, 3.63) is 34.2 Å². The average Bonchev–Trinajstić information content (AvgIpc) is 2.45. The Bertz CT molecular complexity index is 505. The van der Waals surface area contributed by atoms with E-state index in [4.69, 9.17) is 5.73 Å². The van der Waals surface area contributed by atoms with Gasteiger partial charge in [-0.15, -0.1) is 0 Å². The molecule has 0 aliphatic rings. The second-order valence-electron chi connectivity index (χ2n) is 3.50. The molecule has 0 radical (unpaired) electrons. The van der Waals surface area contributed by atoms with E-state index in [1.807, 2.05) is 17.7 Å². The summed E-state index contributed by atoms with van der Waals surface area (Å²) in [5, 5.41) is 0.940. The maximum absolute atomic E-state index is 13.6. The monoisotopic (exact) mass is 270 g/mol. The van der Waals surface area contributed by atoms with Gasteiger partial charge in [0, 0.05) is 12.4 Å². The van der Waals surface area contributed by atoms with Gasteiger partial charge in [-0.1, -0.05) is 12.1 Å². The number of halogens is 2. The summed E-state index contributed by atoms with van der Waals surface area (Å²) in [5.41, 5.74) is 7.25. The van der Waals surface area contributed by atoms with Crippen LogP contribution in [-0.2, 0) is 13.5 Å². The van der Waals surface area contributed by atoms with Crippen molar-refractivity contribution in [2.75, 3.05) is 6.54 Å². The molecule has 15 heavy (non-hydrogen) atoms. The second kappa shape index (κ2) is 3.94. The van der Waals surface area contributed by atoms with E-state index in [1.165, 1.54) is 6.07 Å². The van der Waals surface area contributed by atoms with Crippen LogP contribution in [0.1, 0.15) is 5.56 Å². The lowest BCUT2D eigenvalue weighted by Gasteiger charge is -1.98. The Morgan fingerprint density at radius 3 is 2.87 bits per heavy atom. The van der Waals surface area contributed by atoms with Crippen LogP contribution in [0.2, 0.25) is 0 Å². The molecule has 2 nitrogen and oxygen atoms in total. The summed E-state index contributed by atoms with van der Waals surface area (Å²) in [6, 6.07) is 5.12. The topological polar surface area (TPSA) is 30.9 Å². The number of benzene rings is 1. The Morgan fingerprint density at radius 2 is 2.20 bits per heavy atom. The van der Waals surface area contributed by atoms with Crippen LogP contribution < -0.4 is 5.73 Å². The number of aromatic nitrogens is 1. The number of rotatable bonds is 2. The lowest BCUT2D eigenvalue weighted by molar-refractivity contribution is 0.631. The molecule has 80 valence electrons. The SMILES string of the molecule is Cn1c(Br)c(CCN)c2cccc(F)c21. The molecule has 0 amide bonds. The van der Waals surface area contributed by atoms with Crippen LogP contribution in [0, 0.1) is 5.82 Å². The number of hydrogen-bond donors (Lipinski definition) is 1. The predicted molar refractivity (Wildman–Crippen MR) is 63.3 cm³/mol. The zero-order valence-electron chi connectivity index (χ0n) is 8.43. The summed E-state index contributed by atoms with van der Waals surface area (Å²) < 4.78 is 16.3. The molecule has 0 spiro atoms. The molecule has 2 rings (SSSR count). The minimum absolute atomic E-state index is 0.195. The summed E-state index contributed by atoms with van der Waals surface area (Å²) in [4.78, 5) is 0. The highest BCUT2D eigenvalue weighted by molar-refractivity contribution is 9.10. The Hall–Kier alpha value is -0.870. The fourth-order valence-electron chi connectivity index (χ4n) is 1.89. The molecular formula is C11H12BrFN2. The number of nitrogens with two attached hydrogens (primary N) is 1. The molecule has 0 bridgehead atoms. The zero-order valence-corrected chi connectivity index (χ0v) is 10.0. The fourth-order valence-corrected chi connectivity index (χ4v) is 2.48. The molecule has 0 aliphatic heterocycles. The normalized spacial score (nSPS) is 11.2. The number of hydrogen-bond acceptors (Lipinski definition) is 1. The Kier molecular flexibility index (Phi) is 2.80. The molecule has 0 fully saturated rings. The van der Waals surface area contributed by atoms with Crippen molar-refractivity contribution in [2.45, 2.75) is 6.42 Å². The Labute approximate surface area is 96.0 Å². The molecule has 0 unspecified atom stereocenters. The van der Waals surface area contributed by atoms with Gasteiger partial charge in [0.1, 0.15) is 5.82 Å². The fraction of sp³-hybridized carbons (Fsp3) is 0.273. The van der Waals surface area contributed by atoms with Gasteiger partial charge in [0.2, 0.25) is 0 Å². The standard InChI is InChI=1S/C11H12BrFN2/c1-15-10-7(3-2-4-9(10)13)8(5-6-14)11(15)12/h2-4H,5-6,14H2,1H3. The van der Waals surface area contributed by atoms with Crippen LogP contribution in [0.5, 0.6) is 0 Å². The third kappa shape index (κ3) is 1.58. The van der Waals surface area contributed by atoms with E-state index < -0.39 is 0 Å². The molecule has 1 aromatic carbocycles. The maximum atomic E-state index is 13.6. The van der Waals surface area contributed by atoms with E-state index in [9.17, 15) is 4.39 Å². The molecule has 2 aromatic rings.